The van der Waals surface area contributed by atoms with Gasteiger partial charge in [-0.05, 0) is 37.5 Å². The summed E-state index contributed by atoms with van der Waals surface area (Å²) in [5.41, 5.74) is 0. The van der Waals surface area contributed by atoms with Crippen LogP contribution in [-0.2, 0) is 0 Å². The second-order valence-corrected chi connectivity index (χ2v) is 6.55. The van der Waals surface area contributed by atoms with Crippen LogP contribution < -0.4 is 4.74 Å². The van der Waals surface area contributed by atoms with Crippen LogP contribution in [0.2, 0.25) is 0 Å². The molecule has 0 bridgehead atoms. The first-order valence-electron chi connectivity index (χ1n) is 8.49. The SMILES string of the molecule is CCC(CC)C1CCC(C(F)(F)Oc2cc(F)c(F)c(F)c2)CC1. The van der Waals surface area contributed by atoms with Gasteiger partial charge in [-0.3, -0.25) is 0 Å². The van der Waals surface area contributed by atoms with Gasteiger partial charge in [0.15, 0.2) is 17.5 Å². The van der Waals surface area contributed by atoms with Gasteiger partial charge in [-0.15, -0.1) is 0 Å². The van der Waals surface area contributed by atoms with Crippen LogP contribution >= 0.6 is 0 Å². The summed E-state index contributed by atoms with van der Waals surface area (Å²) < 4.78 is 72.3. The van der Waals surface area contributed by atoms with Crippen molar-refractivity contribution in [2.75, 3.05) is 0 Å². The Hall–Kier alpha value is -1.33. The van der Waals surface area contributed by atoms with E-state index in [1.807, 2.05) is 0 Å². The first kappa shape index (κ1) is 19.0. The number of ether oxygens (including phenoxy) is 1. The predicted molar refractivity (Wildman–Crippen MR) is 81.4 cm³/mol. The molecule has 0 unspecified atom stereocenters. The third kappa shape index (κ3) is 4.19. The number of benzene rings is 1. The highest BCUT2D eigenvalue weighted by Crippen LogP contribution is 2.43. The van der Waals surface area contributed by atoms with Gasteiger partial charge < -0.3 is 4.74 Å². The van der Waals surface area contributed by atoms with Crippen molar-refractivity contribution in [3.05, 3.63) is 29.6 Å². The molecule has 0 heterocycles. The van der Waals surface area contributed by atoms with E-state index < -0.39 is 35.2 Å². The van der Waals surface area contributed by atoms with Crippen molar-refractivity contribution >= 4 is 0 Å². The minimum atomic E-state index is -3.53. The van der Waals surface area contributed by atoms with E-state index in [4.69, 9.17) is 0 Å². The zero-order chi connectivity index (χ0) is 17.9. The lowest BCUT2D eigenvalue weighted by Gasteiger charge is -2.36. The van der Waals surface area contributed by atoms with Crippen LogP contribution in [0.5, 0.6) is 5.75 Å². The third-order valence-corrected chi connectivity index (χ3v) is 5.17. The van der Waals surface area contributed by atoms with Gasteiger partial charge in [-0.1, -0.05) is 26.7 Å². The molecule has 0 N–H and O–H groups in total. The number of hydrogen-bond acceptors (Lipinski definition) is 1. The van der Waals surface area contributed by atoms with Gasteiger partial charge in [0.1, 0.15) is 5.75 Å². The van der Waals surface area contributed by atoms with Gasteiger partial charge in [-0.2, -0.15) is 8.78 Å². The fourth-order valence-corrected chi connectivity index (χ4v) is 3.71. The largest absolute Gasteiger partial charge is 0.432 e. The standard InChI is InChI=1S/C18H23F5O/c1-3-11(4-2)12-5-7-13(8-6-12)18(22,23)24-14-9-15(19)17(21)16(20)10-14/h9-13H,3-8H2,1-2H3. The molecule has 1 saturated carbocycles. The Bertz CT molecular complexity index is 525. The van der Waals surface area contributed by atoms with Crippen LogP contribution in [0, 0.1) is 35.2 Å². The molecule has 0 saturated heterocycles. The molecule has 1 aromatic carbocycles. The Labute approximate surface area is 139 Å². The molecule has 2 rings (SSSR count). The monoisotopic (exact) mass is 350 g/mol. The van der Waals surface area contributed by atoms with E-state index >= 15 is 0 Å². The fraction of sp³-hybridized carbons (Fsp3) is 0.667. The van der Waals surface area contributed by atoms with E-state index in [1.165, 1.54) is 0 Å². The summed E-state index contributed by atoms with van der Waals surface area (Å²) in [6, 6.07) is 0.893. The molecule has 0 atom stereocenters. The van der Waals surface area contributed by atoms with Crippen molar-refractivity contribution in [2.24, 2.45) is 17.8 Å². The molecule has 24 heavy (non-hydrogen) atoms. The average molecular weight is 350 g/mol. The van der Waals surface area contributed by atoms with Gasteiger partial charge in [0, 0.05) is 12.1 Å². The van der Waals surface area contributed by atoms with Gasteiger partial charge in [0.2, 0.25) is 0 Å². The van der Waals surface area contributed by atoms with Crippen LogP contribution in [0.25, 0.3) is 0 Å². The van der Waals surface area contributed by atoms with Gasteiger partial charge in [-0.25, -0.2) is 13.2 Å². The molecule has 0 amide bonds. The van der Waals surface area contributed by atoms with Crippen LogP contribution in [0.1, 0.15) is 52.4 Å². The minimum absolute atomic E-state index is 0.306. The molecule has 0 spiro atoms. The Kier molecular flexibility index (Phi) is 6.10. The lowest BCUT2D eigenvalue weighted by Crippen LogP contribution is -2.38. The summed E-state index contributed by atoms with van der Waals surface area (Å²) in [6.07, 6.45) is 0.542. The molecular weight excluding hydrogens is 327 g/mol. The lowest BCUT2D eigenvalue weighted by atomic mass is 9.74. The second kappa shape index (κ2) is 7.70. The minimum Gasteiger partial charge on any atom is -0.432 e. The van der Waals surface area contributed by atoms with E-state index in [2.05, 4.69) is 18.6 Å². The maximum absolute atomic E-state index is 14.3. The molecule has 1 aliphatic rings. The lowest BCUT2D eigenvalue weighted by molar-refractivity contribution is -0.224. The highest BCUT2D eigenvalue weighted by molar-refractivity contribution is 5.25. The Morgan fingerprint density at radius 1 is 1.00 bits per heavy atom. The number of hydrogen-bond donors (Lipinski definition) is 0. The fourth-order valence-electron chi connectivity index (χ4n) is 3.71. The second-order valence-electron chi connectivity index (χ2n) is 6.55. The van der Waals surface area contributed by atoms with Gasteiger partial charge in [0.25, 0.3) is 0 Å². The summed E-state index contributed by atoms with van der Waals surface area (Å²) in [4.78, 5) is 0. The number of halogens is 5. The summed E-state index contributed by atoms with van der Waals surface area (Å²) >= 11 is 0. The van der Waals surface area contributed by atoms with Crippen LogP contribution in [0.15, 0.2) is 12.1 Å². The highest BCUT2D eigenvalue weighted by Gasteiger charge is 2.44. The summed E-state index contributed by atoms with van der Waals surface area (Å²) in [5, 5.41) is 0. The molecule has 1 aromatic rings. The smallest absolute Gasteiger partial charge is 0.400 e. The van der Waals surface area contributed by atoms with Crippen molar-refractivity contribution in [3.8, 4) is 5.75 Å². The van der Waals surface area contributed by atoms with E-state index in [9.17, 15) is 22.0 Å². The summed E-state index contributed by atoms with van der Waals surface area (Å²) in [5.74, 6) is -5.50. The molecule has 1 nitrogen and oxygen atoms in total. The molecule has 6 heteroatoms. The van der Waals surface area contributed by atoms with Crippen LogP contribution in [0.4, 0.5) is 22.0 Å². The van der Waals surface area contributed by atoms with E-state index in [0.29, 0.717) is 49.7 Å². The maximum atomic E-state index is 14.3. The third-order valence-electron chi connectivity index (χ3n) is 5.17. The molecular formula is C18H23F5O. The summed E-state index contributed by atoms with van der Waals surface area (Å²) in [7, 11) is 0. The Morgan fingerprint density at radius 2 is 1.50 bits per heavy atom. The van der Waals surface area contributed by atoms with Crippen LogP contribution in [0.3, 0.4) is 0 Å². The van der Waals surface area contributed by atoms with Crippen molar-refractivity contribution in [1.29, 1.82) is 0 Å². The molecule has 0 radical (unpaired) electrons. The molecule has 1 aliphatic carbocycles. The van der Waals surface area contributed by atoms with Crippen molar-refractivity contribution in [1.82, 2.24) is 0 Å². The molecule has 1 fully saturated rings. The predicted octanol–water partition coefficient (Wildman–Crippen LogP) is 6.32. The normalized spacial score (nSPS) is 22.0. The number of alkyl halides is 2. The molecule has 0 aliphatic heterocycles. The first-order chi connectivity index (χ1) is 11.3. The Morgan fingerprint density at radius 3 is 1.96 bits per heavy atom. The van der Waals surface area contributed by atoms with E-state index in [-0.39, 0.29) is 0 Å². The zero-order valence-corrected chi connectivity index (χ0v) is 13.9. The zero-order valence-electron chi connectivity index (χ0n) is 13.9. The topological polar surface area (TPSA) is 9.23 Å². The average Bonchev–Trinajstić information content (AvgIpc) is 2.54. The van der Waals surface area contributed by atoms with Crippen molar-refractivity contribution in [2.45, 2.75) is 58.5 Å². The Balaban J connectivity index is 2.01. The first-order valence-corrected chi connectivity index (χ1v) is 8.49. The molecule has 0 aromatic heterocycles. The van der Waals surface area contributed by atoms with Crippen molar-refractivity contribution < 1.29 is 26.7 Å². The van der Waals surface area contributed by atoms with Gasteiger partial charge in [0.05, 0.1) is 5.92 Å². The van der Waals surface area contributed by atoms with Crippen LogP contribution in [-0.4, -0.2) is 6.11 Å². The van der Waals surface area contributed by atoms with E-state index in [0.717, 1.165) is 12.8 Å². The maximum Gasteiger partial charge on any atom is 0.400 e. The molecule has 136 valence electrons. The van der Waals surface area contributed by atoms with E-state index in [1.54, 1.807) is 0 Å². The number of rotatable bonds is 6. The summed E-state index contributed by atoms with van der Waals surface area (Å²) in [6.45, 7) is 4.21. The van der Waals surface area contributed by atoms with Gasteiger partial charge >= 0.3 is 6.11 Å². The quantitative estimate of drug-likeness (QED) is 0.431. The van der Waals surface area contributed by atoms with Crippen molar-refractivity contribution in [3.63, 3.8) is 0 Å². The highest BCUT2D eigenvalue weighted by atomic mass is 19.3.